The summed E-state index contributed by atoms with van der Waals surface area (Å²) in [7, 11) is 1.77. The van der Waals surface area contributed by atoms with E-state index in [4.69, 9.17) is 10.1 Å². The molecule has 1 unspecified atom stereocenters. The third-order valence-electron chi connectivity index (χ3n) is 5.70. The molecule has 0 spiro atoms. The Kier molecular flexibility index (Phi) is 7.17. The number of hydrogen-bond donors (Lipinski definition) is 3. The van der Waals surface area contributed by atoms with E-state index in [2.05, 4.69) is 27.2 Å². The van der Waals surface area contributed by atoms with Crippen molar-refractivity contribution < 1.29 is 9.53 Å². The number of aromatic nitrogens is 2. The van der Waals surface area contributed by atoms with Crippen molar-refractivity contribution in [2.24, 2.45) is 0 Å². The summed E-state index contributed by atoms with van der Waals surface area (Å²) < 4.78 is 5.87. The maximum Gasteiger partial charge on any atom is 0.246 e. The molecule has 2 aromatic carbocycles. The fraction of sp³-hybridized carbons (Fsp3) is 0.231. The van der Waals surface area contributed by atoms with Crippen molar-refractivity contribution in [3.63, 3.8) is 0 Å². The van der Waals surface area contributed by atoms with E-state index < -0.39 is 0 Å². The molecular weight excluding hydrogens is 428 g/mol. The summed E-state index contributed by atoms with van der Waals surface area (Å²) >= 11 is 0. The number of carbonyl (C=O) groups excluding carboxylic acids is 1. The van der Waals surface area contributed by atoms with Crippen LogP contribution >= 0.6 is 0 Å². The van der Waals surface area contributed by atoms with Crippen LogP contribution in [0.15, 0.2) is 73.6 Å². The highest BCUT2D eigenvalue weighted by Crippen LogP contribution is 2.27. The lowest BCUT2D eigenvalue weighted by Crippen LogP contribution is -2.44. The van der Waals surface area contributed by atoms with E-state index in [1.54, 1.807) is 11.9 Å². The first-order valence-electron chi connectivity index (χ1n) is 11.2. The average Bonchev–Trinajstić information content (AvgIpc) is 2.89. The third-order valence-corrected chi connectivity index (χ3v) is 5.70. The van der Waals surface area contributed by atoms with Crippen LogP contribution in [-0.2, 0) is 4.79 Å². The summed E-state index contributed by atoms with van der Waals surface area (Å²) in [6.45, 7) is 4.86. The SMILES string of the molecule is C=CC(=O)N1CCCC(Nc2ncnc(NC)c2C(=N)c2ccc(Oc3ccccc3)cc2)C1. The lowest BCUT2D eigenvalue weighted by atomic mass is 10.0. The molecule has 0 bridgehead atoms. The largest absolute Gasteiger partial charge is 0.457 e. The zero-order chi connectivity index (χ0) is 23.9. The van der Waals surface area contributed by atoms with E-state index in [1.807, 2.05) is 54.6 Å². The van der Waals surface area contributed by atoms with Gasteiger partial charge in [0.1, 0.15) is 29.5 Å². The molecule has 4 rings (SSSR count). The van der Waals surface area contributed by atoms with E-state index in [-0.39, 0.29) is 17.7 Å². The van der Waals surface area contributed by atoms with Crippen molar-refractivity contribution in [2.45, 2.75) is 18.9 Å². The number of nitrogens with one attached hydrogen (secondary N) is 3. The van der Waals surface area contributed by atoms with Crippen LogP contribution in [0.25, 0.3) is 0 Å². The Morgan fingerprint density at radius 1 is 1.12 bits per heavy atom. The Morgan fingerprint density at radius 2 is 1.82 bits per heavy atom. The highest BCUT2D eigenvalue weighted by molar-refractivity contribution is 6.16. The van der Waals surface area contributed by atoms with Crippen LogP contribution in [0.1, 0.15) is 24.0 Å². The van der Waals surface area contributed by atoms with Gasteiger partial charge >= 0.3 is 0 Å². The van der Waals surface area contributed by atoms with Crippen LogP contribution in [0, 0.1) is 5.41 Å². The molecule has 8 nitrogen and oxygen atoms in total. The first-order valence-corrected chi connectivity index (χ1v) is 11.2. The van der Waals surface area contributed by atoms with Crippen molar-refractivity contribution >= 4 is 23.3 Å². The molecule has 2 heterocycles. The molecule has 0 saturated carbocycles. The van der Waals surface area contributed by atoms with Crippen LogP contribution in [0.2, 0.25) is 0 Å². The lowest BCUT2D eigenvalue weighted by Gasteiger charge is -2.33. The molecule has 1 aromatic heterocycles. The second kappa shape index (κ2) is 10.6. The molecule has 1 atom stereocenters. The van der Waals surface area contributed by atoms with Crippen LogP contribution in [0.4, 0.5) is 11.6 Å². The van der Waals surface area contributed by atoms with E-state index in [9.17, 15) is 4.79 Å². The molecule has 1 saturated heterocycles. The minimum Gasteiger partial charge on any atom is -0.457 e. The number of rotatable bonds is 8. The minimum absolute atomic E-state index is 0.0189. The molecule has 3 N–H and O–H groups in total. The predicted molar refractivity (Wildman–Crippen MR) is 134 cm³/mol. The first kappa shape index (κ1) is 23.0. The van der Waals surface area contributed by atoms with Crippen LogP contribution in [0.3, 0.4) is 0 Å². The normalized spacial score (nSPS) is 15.3. The summed E-state index contributed by atoms with van der Waals surface area (Å²) in [6.07, 6.45) is 4.60. The number of hydrogen-bond acceptors (Lipinski definition) is 7. The molecule has 1 aliphatic heterocycles. The lowest BCUT2D eigenvalue weighted by molar-refractivity contribution is -0.127. The number of ether oxygens (including phenoxy) is 1. The highest BCUT2D eigenvalue weighted by atomic mass is 16.5. The maximum atomic E-state index is 12.1. The van der Waals surface area contributed by atoms with E-state index in [0.717, 1.165) is 18.6 Å². The van der Waals surface area contributed by atoms with Gasteiger partial charge in [0.25, 0.3) is 0 Å². The van der Waals surface area contributed by atoms with Crippen LogP contribution in [-0.4, -0.2) is 52.7 Å². The molecule has 1 aliphatic rings. The standard InChI is InChI=1S/C26H28N6O2/c1-3-22(33)32-15-7-8-19(16-32)31-26-23(25(28-2)29-17-30-26)24(27)18-11-13-21(14-12-18)34-20-9-5-4-6-10-20/h3-6,9-14,17,19,27H,1,7-8,15-16H2,2H3,(H2,28,29,30,31). The summed E-state index contributed by atoms with van der Waals surface area (Å²) in [4.78, 5) is 22.6. The van der Waals surface area contributed by atoms with E-state index in [0.29, 0.717) is 41.6 Å². The smallest absolute Gasteiger partial charge is 0.246 e. The van der Waals surface area contributed by atoms with E-state index in [1.165, 1.54) is 12.4 Å². The van der Waals surface area contributed by atoms with Crippen LogP contribution in [0.5, 0.6) is 11.5 Å². The molecule has 8 heteroatoms. The van der Waals surface area contributed by atoms with Gasteiger partial charge in [0.15, 0.2) is 0 Å². The Labute approximate surface area is 199 Å². The first-order chi connectivity index (χ1) is 16.6. The molecule has 1 fully saturated rings. The van der Waals surface area contributed by atoms with Gasteiger partial charge in [0.2, 0.25) is 5.91 Å². The number of amides is 1. The molecule has 1 amide bonds. The molecule has 0 aliphatic carbocycles. The van der Waals surface area contributed by atoms with Crippen molar-refractivity contribution in [3.8, 4) is 11.5 Å². The number of benzene rings is 2. The maximum absolute atomic E-state index is 12.1. The van der Waals surface area contributed by atoms with Crippen LogP contribution < -0.4 is 15.4 Å². The van der Waals surface area contributed by atoms with Crippen molar-refractivity contribution in [2.75, 3.05) is 30.8 Å². The summed E-state index contributed by atoms with van der Waals surface area (Å²) in [5.41, 5.74) is 1.57. The quantitative estimate of drug-likeness (QED) is 0.345. The van der Waals surface area contributed by atoms with Crippen molar-refractivity contribution in [3.05, 3.63) is 84.7 Å². The molecule has 34 heavy (non-hydrogen) atoms. The van der Waals surface area contributed by atoms with Gasteiger partial charge in [-0.2, -0.15) is 0 Å². The minimum atomic E-state index is -0.0733. The van der Waals surface area contributed by atoms with Crippen molar-refractivity contribution in [1.29, 1.82) is 5.41 Å². The number of nitrogens with zero attached hydrogens (tertiary/aromatic N) is 3. The summed E-state index contributed by atoms with van der Waals surface area (Å²) in [5, 5.41) is 15.4. The number of para-hydroxylation sites is 1. The fourth-order valence-electron chi connectivity index (χ4n) is 4.00. The van der Waals surface area contributed by atoms with Gasteiger partial charge in [-0.05, 0) is 55.3 Å². The van der Waals surface area contributed by atoms with Crippen molar-refractivity contribution in [1.82, 2.24) is 14.9 Å². The Bertz CT molecular complexity index is 1160. The highest BCUT2D eigenvalue weighted by Gasteiger charge is 2.25. The topological polar surface area (TPSA) is 103 Å². The zero-order valence-corrected chi connectivity index (χ0v) is 19.1. The zero-order valence-electron chi connectivity index (χ0n) is 19.1. The number of anilines is 2. The molecule has 0 radical (unpaired) electrons. The predicted octanol–water partition coefficient (Wildman–Crippen LogP) is 4.32. The molecular formula is C26H28N6O2. The Hall–Kier alpha value is -4.20. The number of carbonyl (C=O) groups is 1. The second-order valence-corrected chi connectivity index (χ2v) is 7.98. The Morgan fingerprint density at radius 3 is 2.53 bits per heavy atom. The third kappa shape index (κ3) is 5.23. The van der Waals surface area contributed by atoms with Gasteiger partial charge in [-0.25, -0.2) is 9.97 Å². The summed E-state index contributed by atoms with van der Waals surface area (Å²) in [5.74, 6) is 2.49. The van der Waals surface area contributed by atoms with Gasteiger partial charge < -0.3 is 20.3 Å². The Balaban J connectivity index is 1.55. The molecule has 3 aromatic rings. The van der Waals surface area contributed by atoms with Gasteiger partial charge in [0.05, 0.1) is 11.3 Å². The number of piperidine rings is 1. The van der Waals surface area contributed by atoms with Gasteiger partial charge in [-0.1, -0.05) is 24.8 Å². The fourth-order valence-corrected chi connectivity index (χ4v) is 4.00. The second-order valence-electron chi connectivity index (χ2n) is 7.98. The monoisotopic (exact) mass is 456 g/mol. The molecule has 174 valence electrons. The average molecular weight is 457 g/mol. The van der Waals surface area contributed by atoms with Gasteiger partial charge in [-0.15, -0.1) is 0 Å². The van der Waals surface area contributed by atoms with Gasteiger partial charge in [0, 0.05) is 31.7 Å². The van der Waals surface area contributed by atoms with Gasteiger partial charge in [-0.3, -0.25) is 10.2 Å². The number of likely N-dealkylation sites (tertiary alicyclic amines) is 1. The summed E-state index contributed by atoms with van der Waals surface area (Å²) in [6, 6.07) is 17.0. The van der Waals surface area contributed by atoms with E-state index >= 15 is 0 Å².